The number of aliphatic hydroxyl groups excluding tert-OH is 1. The monoisotopic (exact) mass is 157 g/mol. The van der Waals surface area contributed by atoms with E-state index in [1.165, 1.54) is 0 Å². The normalized spacial score (nSPS) is 11.3. The molecule has 0 fully saturated rings. The van der Waals surface area contributed by atoms with Crippen molar-refractivity contribution in [2.75, 3.05) is 13.2 Å². The number of aliphatic hydroxyl groups is 1. The van der Waals surface area contributed by atoms with Gasteiger partial charge >= 0.3 is 0 Å². The molecule has 3 nitrogen and oxygen atoms in total. The summed E-state index contributed by atoms with van der Waals surface area (Å²) in [7, 11) is 0. The number of Topliss-reactive ketones (excluding diaryl/α,β-unsaturated/α-hetero) is 1. The average Bonchev–Trinajstić information content (AvgIpc) is 1.97. The minimum absolute atomic E-state index is 0.0480. The first-order valence-electron chi connectivity index (χ1n) is 3.80. The van der Waals surface area contributed by atoms with E-state index in [0.29, 0.717) is 13.0 Å². The zero-order valence-corrected chi connectivity index (χ0v) is 7.08. The van der Waals surface area contributed by atoms with Gasteiger partial charge in [0.1, 0.15) is 5.78 Å². The molecule has 0 aliphatic rings. The van der Waals surface area contributed by atoms with Crippen molar-refractivity contribution in [3.05, 3.63) is 0 Å². The summed E-state index contributed by atoms with van der Waals surface area (Å²) in [6.07, 6.45) is 1.95. The molecule has 0 spiro atoms. The van der Waals surface area contributed by atoms with Gasteiger partial charge in [-0.05, 0) is 0 Å². The van der Waals surface area contributed by atoms with Crippen LogP contribution in [0.15, 0.2) is 4.99 Å². The van der Waals surface area contributed by atoms with Crippen molar-refractivity contribution in [1.82, 2.24) is 0 Å². The van der Waals surface area contributed by atoms with Gasteiger partial charge in [-0.2, -0.15) is 0 Å². The first-order chi connectivity index (χ1) is 5.18. The topological polar surface area (TPSA) is 49.7 Å². The van der Waals surface area contributed by atoms with Crippen molar-refractivity contribution in [1.29, 1.82) is 0 Å². The predicted molar refractivity (Wildman–Crippen MR) is 44.9 cm³/mol. The second-order valence-corrected chi connectivity index (χ2v) is 2.64. The summed E-state index contributed by atoms with van der Waals surface area (Å²) in [6, 6.07) is 0. The summed E-state index contributed by atoms with van der Waals surface area (Å²) in [6.45, 7) is 4.17. The molecule has 0 aromatic rings. The predicted octanol–water partition coefficient (Wildman–Crippen LogP) is 0.665. The van der Waals surface area contributed by atoms with Crippen molar-refractivity contribution >= 4 is 12.0 Å². The van der Waals surface area contributed by atoms with Crippen LogP contribution in [-0.4, -0.2) is 30.3 Å². The summed E-state index contributed by atoms with van der Waals surface area (Å²) in [5, 5.41) is 8.34. The smallest absolute Gasteiger partial charge is 0.140 e. The van der Waals surface area contributed by atoms with E-state index in [1.807, 2.05) is 13.8 Å². The standard InChI is InChI=1S/C8H15NO2/c1-7(2)8(11)3-4-9-5-6-10/h4,7,10H,3,5-6H2,1-2H3. The molecule has 0 rings (SSSR count). The Kier molecular flexibility index (Phi) is 5.65. The number of hydrogen-bond donors (Lipinski definition) is 1. The van der Waals surface area contributed by atoms with Gasteiger partial charge in [0.25, 0.3) is 0 Å². The molecular weight excluding hydrogens is 142 g/mol. The molecule has 0 bridgehead atoms. The van der Waals surface area contributed by atoms with Crippen LogP contribution < -0.4 is 0 Å². The lowest BCUT2D eigenvalue weighted by molar-refractivity contribution is -0.120. The number of carbonyl (C=O) groups excluding carboxylic acids is 1. The minimum atomic E-state index is 0.0480. The lowest BCUT2D eigenvalue weighted by Crippen LogP contribution is -2.07. The average molecular weight is 157 g/mol. The van der Waals surface area contributed by atoms with E-state index < -0.39 is 0 Å². The summed E-state index contributed by atoms with van der Waals surface area (Å²) >= 11 is 0. The fraction of sp³-hybridized carbons (Fsp3) is 0.750. The number of carbonyl (C=O) groups is 1. The van der Waals surface area contributed by atoms with E-state index >= 15 is 0 Å². The molecule has 0 aliphatic carbocycles. The first-order valence-corrected chi connectivity index (χ1v) is 3.80. The van der Waals surface area contributed by atoms with E-state index in [4.69, 9.17) is 5.11 Å². The number of aliphatic imine (C=N–C) groups is 1. The van der Waals surface area contributed by atoms with Crippen LogP contribution in [0.5, 0.6) is 0 Å². The number of rotatable bonds is 5. The van der Waals surface area contributed by atoms with E-state index in [0.717, 1.165) is 0 Å². The van der Waals surface area contributed by atoms with Crippen molar-refractivity contribution < 1.29 is 9.90 Å². The zero-order chi connectivity index (χ0) is 8.69. The van der Waals surface area contributed by atoms with Gasteiger partial charge in [0.2, 0.25) is 0 Å². The molecule has 0 unspecified atom stereocenters. The molecule has 0 heterocycles. The maximum absolute atomic E-state index is 11.0. The van der Waals surface area contributed by atoms with E-state index in [2.05, 4.69) is 4.99 Å². The second-order valence-electron chi connectivity index (χ2n) is 2.64. The molecule has 11 heavy (non-hydrogen) atoms. The van der Waals surface area contributed by atoms with Gasteiger partial charge in [-0.15, -0.1) is 0 Å². The molecule has 0 aromatic carbocycles. The lowest BCUT2D eigenvalue weighted by atomic mass is 10.1. The second kappa shape index (κ2) is 6.04. The summed E-state index contributed by atoms with van der Waals surface area (Å²) in [5.41, 5.74) is 0. The van der Waals surface area contributed by atoms with Crippen LogP contribution in [0.1, 0.15) is 20.3 Å². The highest BCUT2D eigenvalue weighted by Crippen LogP contribution is 1.95. The largest absolute Gasteiger partial charge is 0.394 e. The van der Waals surface area contributed by atoms with Crippen molar-refractivity contribution in [2.24, 2.45) is 10.9 Å². The molecule has 0 amide bonds. The van der Waals surface area contributed by atoms with Crippen LogP contribution in [0, 0.1) is 5.92 Å². The van der Waals surface area contributed by atoms with Gasteiger partial charge in [0.15, 0.2) is 0 Å². The highest BCUT2D eigenvalue weighted by Gasteiger charge is 2.03. The first kappa shape index (κ1) is 10.3. The van der Waals surface area contributed by atoms with Crippen LogP contribution in [-0.2, 0) is 4.79 Å². The van der Waals surface area contributed by atoms with Crippen LogP contribution in [0.25, 0.3) is 0 Å². The quantitative estimate of drug-likeness (QED) is 0.596. The summed E-state index contributed by atoms with van der Waals surface area (Å²) < 4.78 is 0. The van der Waals surface area contributed by atoms with E-state index in [-0.39, 0.29) is 18.3 Å². The Morgan fingerprint density at radius 1 is 1.64 bits per heavy atom. The van der Waals surface area contributed by atoms with Crippen molar-refractivity contribution in [3.63, 3.8) is 0 Å². The molecular formula is C8H15NO2. The molecule has 64 valence electrons. The van der Waals surface area contributed by atoms with Gasteiger partial charge in [0.05, 0.1) is 13.2 Å². The fourth-order valence-electron chi connectivity index (χ4n) is 0.539. The Labute approximate surface area is 67.1 Å². The van der Waals surface area contributed by atoms with Crippen molar-refractivity contribution in [2.45, 2.75) is 20.3 Å². The Hall–Kier alpha value is -0.700. The summed E-state index contributed by atoms with van der Waals surface area (Å²) in [4.78, 5) is 14.8. The Morgan fingerprint density at radius 2 is 2.27 bits per heavy atom. The van der Waals surface area contributed by atoms with E-state index in [9.17, 15) is 4.79 Å². The van der Waals surface area contributed by atoms with Crippen LogP contribution in [0.4, 0.5) is 0 Å². The van der Waals surface area contributed by atoms with Gasteiger partial charge in [0, 0.05) is 18.6 Å². The van der Waals surface area contributed by atoms with Gasteiger partial charge in [-0.25, -0.2) is 0 Å². The Bertz CT molecular complexity index is 141. The summed E-state index contributed by atoms with van der Waals surface area (Å²) in [5.74, 6) is 0.266. The highest BCUT2D eigenvalue weighted by atomic mass is 16.3. The number of nitrogens with zero attached hydrogens (tertiary/aromatic N) is 1. The van der Waals surface area contributed by atoms with Gasteiger partial charge in [-0.3, -0.25) is 9.79 Å². The van der Waals surface area contributed by atoms with Crippen molar-refractivity contribution in [3.8, 4) is 0 Å². The number of ketones is 1. The molecule has 0 saturated heterocycles. The Balaban J connectivity index is 3.45. The Morgan fingerprint density at radius 3 is 2.73 bits per heavy atom. The third-order valence-electron chi connectivity index (χ3n) is 1.29. The molecule has 0 saturated carbocycles. The molecule has 3 heteroatoms. The maximum atomic E-state index is 11.0. The third kappa shape index (κ3) is 5.73. The molecule has 0 aliphatic heterocycles. The maximum Gasteiger partial charge on any atom is 0.140 e. The number of hydrogen-bond acceptors (Lipinski definition) is 3. The zero-order valence-electron chi connectivity index (χ0n) is 7.08. The fourth-order valence-corrected chi connectivity index (χ4v) is 0.539. The van der Waals surface area contributed by atoms with Crippen LogP contribution >= 0.6 is 0 Å². The van der Waals surface area contributed by atoms with Gasteiger partial charge in [-0.1, -0.05) is 13.8 Å². The van der Waals surface area contributed by atoms with E-state index in [1.54, 1.807) is 6.21 Å². The lowest BCUT2D eigenvalue weighted by Gasteiger charge is -1.97. The molecule has 0 aromatic heterocycles. The highest BCUT2D eigenvalue weighted by molar-refractivity contribution is 5.92. The van der Waals surface area contributed by atoms with Crippen LogP contribution in [0.3, 0.4) is 0 Å². The third-order valence-corrected chi connectivity index (χ3v) is 1.29. The SMILES string of the molecule is CC(C)C(=O)CC=NCCO. The molecule has 1 N–H and O–H groups in total. The van der Waals surface area contributed by atoms with Crippen LogP contribution in [0.2, 0.25) is 0 Å². The molecule has 0 atom stereocenters. The minimum Gasteiger partial charge on any atom is -0.394 e. The van der Waals surface area contributed by atoms with Gasteiger partial charge < -0.3 is 5.11 Å². The molecule has 0 radical (unpaired) electrons.